The summed E-state index contributed by atoms with van der Waals surface area (Å²) in [6, 6.07) is 0.802. The van der Waals surface area contributed by atoms with Gasteiger partial charge in [-0.15, -0.1) is 0 Å². The zero-order chi connectivity index (χ0) is 10.6. The number of hydrogen-bond acceptors (Lipinski definition) is 4. The topological polar surface area (TPSA) is 41.6 Å². The highest BCUT2D eigenvalue weighted by molar-refractivity contribution is 5.69. The van der Waals surface area contributed by atoms with Crippen LogP contribution in [0.15, 0.2) is 0 Å². The van der Waals surface area contributed by atoms with E-state index in [-0.39, 0.29) is 12.0 Å². The van der Waals surface area contributed by atoms with E-state index in [1.54, 1.807) is 0 Å². The van der Waals surface area contributed by atoms with E-state index in [0.29, 0.717) is 12.5 Å². The molecule has 1 heterocycles. The molecule has 0 amide bonds. The Morgan fingerprint density at radius 1 is 1.71 bits per heavy atom. The molecule has 1 unspecified atom stereocenters. The van der Waals surface area contributed by atoms with Crippen molar-refractivity contribution in [2.24, 2.45) is 0 Å². The maximum atomic E-state index is 11.1. The number of ether oxygens (including phenoxy) is 1. The lowest BCUT2D eigenvalue weighted by molar-refractivity contribution is -0.142. The number of rotatable bonds is 3. The monoisotopic (exact) mass is 200 g/mol. The van der Waals surface area contributed by atoms with E-state index in [9.17, 15) is 4.79 Å². The summed E-state index contributed by atoms with van der Waals surface area (Å²) < 4.78 is 4.66. The van der Waals surface area contributed by atoms with E-state index >= 15 is 0 Å². The molecule has 0 saturated carbocycles. The zero-order valence-corrected chi connectivity index (χ0v) is 9.25. The second kappa shape index (κ2) is 5.32. The van der Waals surface area contributed by atoms with Crippen LogP contribution in [0.1, 0.15) is 20.3 Å². The second-order valence-electron chi connectivity index (χ2n) is 3.98. The Labute approximate surface area is 85.6 Å². The zero-order valence-electron chi connectivity index (χ0n) is 9.25. The first-order valence-corrected chi connectivity index (χ1v) is 5.17. The molecule has 0 bridgehead atoms. The van der Waals surface area contributed by atoms with Gasteiger partial charge in [0.2, 0.25) is 0 Å². The minimum absolute atomic E-state index is 0.122. The Kier molecular flexibility index (Phi) is 4.35. The lowest BCUT2D eigenvalue weighted by Crippen LogP contribution is -2.52. The summed E-state index contributed by atoms with van der Waals surface area (Å²) in [7, 11) is 1.44. The molecule has 1 saturated heterocycles. The summed E-state index contributed by atoms with van der Waals surface area (Å²) in [5, 5.41) is 3.38. The molecular weight excluding hydrogens is 180 g/mol. The Hall–Kier alpha value is -0.610. The maximum absolute atomic E-state index is 11.1. The molecule has 1 rings (SSSR count). The van der Waals surface area contributed by atoms with Crippen molar-refractivity contribution >= 4 is 5.97 Å². The number of carbonyl (C=O) groups is 1. The number of esters is 1. The number of nitrogens with one attached hydrogen (secondary N) is 1. The molecule has 1 fully saturated rings. The first kappa shape index (κ1) is 11.5. The van der Waals surface area contributed by atoms with Crippen molar-refractivity contribution in [3.8, 4) is 0 Å². The molecule has 4 nitrogen and oxygen atoms in total. The van der Waals surface area contributed by atoms with Gasteiger partial charge < -0.3 is 10.1 Å². The predicted octanol–water partition coefficient (Wildman–Crippen LogP) is 0.232. The standard InChI is InChI=1S/C10H20N2O2/c1-8-7-12(5-4-11-8)9(2)6-10(13)14-3/h8-9,11H,4-7H2,1-3H3/t8-,9?/m0/s1. The number of piperazine rings is 1. The minimum Gasteiger partial charge on any atom is -0.469 e. The van der Waals surface area contributed by atoms with Crippen molar-refractivity contribution in [2.75, 3.05) is 26.7 Å². The van der Waals surface area contributed by atoms with E-state index in [4.69, 9.17) is 0 Å². The van der Waals surface area contributed by atoms with Crippen molar-refractivity contribution in [2.45, 2.75) is 32.4 Å². The van der Waals surface area contributed by atoms with Crippen LogP contribution in [0.5, 0.6) is 0 Å². The van der Waals surface area contributed by atoms with Gasteiger partial charge in [-0.3, -0.25) is 9.69 Å². The average molecular weight is 200 g/mol. The summed E-state index contributed by atoms with van der Waals surface area (Å²) in [6.07, 6.45) is 0.489. The quantitative estimate of drug-likeness (QED) is 0.662. The fourth-order valence-corrected chi connectivity index (χ4v) is 1.82. The van der Waals surface area contributed by atoms with Crippen molar-refractivity contribution < 1.29 is 9.53 Å². The van der Waals surface area contributed by atoms with Crippen LogP contribution >= 0.6 is 0 Å². The third kappa shape index (κ3) is 3.27. The molecule has 0 radical (unpaired) electrons. The van der Waals surface area contributed by atoms with Crippen LogP contribution in [0.3, 0.4) is 0 Å². The largest absolute Gasteiger partial charge is 0.469 e. The van der Waals surface area contributed by atoms with Crippen molar-refractivity contribution in [3.05, 3.63) is 0 Å². The molecule has 1 N–H and O–H groups in total. The van der Waals surface area contributed by atoms with Crippen molar-refractivity contribution in [1.29, 1.82) is 0 Å². The van der Waals surface area contributed by atoms with Crippen LogP contribution in [-0.2, 0) is 9.53 Å². The molecule has 1 aliphatic rings. The molecule has 0 aromatic heterocycles. The van der Waals surface area contributed by atoms with Gasteiger partial charge in [-0.05, 0) is 13.8 Å². The van der Waals surface area contributed by atoms with Gasteiger partial charge in [-0.2, -0.15) is 0 Å². The van der Waals surface area contributed by atoms with Gasteiger partial charge in [0, 0.05) is 31.7 Å². The Morgan fingerprint density at radius 3 is 3.00 bits per heavy atom. The summed E-state index contributed by atoms with van der Waals surface area (Å²) in [4.78, 5) is 13.4. The van der Waals surface area contributed by atoms with Crippen LogP contribution in [-0.4, -0.2) is 49.7 Å². The third-order valence-electron chi connectivity index (χ3n) is 2.71. The first-order chi connectivity index (χ1) is 6.63. The molecule has 14 heavy (non-hydrogen) atoms. The lowest BCUT2D eigenvalue weighted by Gasteiger charge is -2.35. The average Bonchev–Trinajstić information content (AvgIpc) is 2.17. The molecule has 1 aliphatic heterocycles. The summed E-state index contributed by atoms with van der Waals surface area (Å²) in [6.45, 7) is 7.28. The smallest absolute Gasteiger partial charge is 0.307 e. The van der Waals surface area contributed by atoms with Gasteiger partial charge >= 0.3 is 5.97 Å². The highest BCUT2D eigenvalue weighted by Crippen LogP contribution is 2.08. The Bertz CT molecular complexity index is 197. The SMILES string of the molecule is COC(=O)CC(C)N1CCN[C@@H](C)C1. The predicted molar refractivity (Wildman–Crippen MR) is 55.1 cm³/mol. The van der Waals surface area contributed by atoms with E-state index in [1.165, 1.54) is 7.11 Å². The van der Waals surface area contributed by atoms with E-state index in [2.05, 4.69) is 28.8 Å². The fourth-order valence-electron chi connectivity index (χ4n) is 1.82. The van der Waals surface area contributed by atoms with Gasteiger partial charge in [0.1, 0.15) is 0 Å². The molecular formula is C10H20N2O2. The molecule has 0 spiro atoms. The highest BCUT2D eigenvalue weighted by Gasteiger charge is 2.22. The van der Waals surface area contributed by atoms with Crippen LogP contribution in [0.25, 0.3) is 0 Å². The highest BCUT2D eigenvalue weighted by atomic mass is 16.5. The molecule has 82 valence electrons. The Morgan fingerprint density at radius 2 is 2.43 bits per heavy atom. The van der Waals surface area contributed by atoms with Crippen LogP contribution < -0.4 is 5.32 Å². The van der Waals surface area contributed by atoms with Crippen molar-refractivity contribution in [1.82, 2.24) is 10.2 Å². The molecule has 2 atom stereocenters. The number of carbonyl (C=O) groups excluding carboxylic acids is 1. The molecule has 0 aromatic carbocycles. The Balaban J connectivity index is 2.35. The van der Waals surface area contributed by atoms with Gasteiger partial charge in [0.05, 0.1) is 13.5 Å². The maximum Gasteiger partial charge on any atom is 0.307 e. The number of hydrogen-bond donors (Lipinski definition) is 1. The van der Waals surface area contributed by atoms with E-state index in [1.807, 2.05) is 0 Å². The normalized spacial score (nSPS) is 25.8. The van der Waals surface area contributed by atoms with Gasteiger partial charge in [0.25, 0.3) is 0 Å². The van der Waals surface area contributed by atoms with Crippen LogP contribution in [0.4, 0.5) is 0 Å². The minimum atomic E-state index is -0.122. The third-order valence-corrected chi connectivity index (χ3v) is 2.71. The molecule has 4 heteroatoms. The van der Waals surface area contributed by atoms with Gasteiger partial charge in [-0.1, -0.05) is 0 Å². The summed E-state index contributed by atoms with van der Waals surface area (Å²) in [5.41, 5.74) is 0. The van der Waals surface area contributed by atoms with Crippen molar-refractivity contribution in [3.63, 3.8) is 0 Å². The van der Waals surface area contributed by atoms with Gasteiger partial charge in [-0.25, -0.2) is 0 Å². The van der Waals surface area contributed by atoms with Crippen LogP contribution in [0.2, 0.25) is 0 Å². The van der Waals surface area contributed by atoms with Gasteiger partial charge in [0.15, 0.2) is 0 Å². The lowest BCUT2D eigenvalue weighted by atomic mass is 10.1. The fraction of sp³-hybridized carbons (Fsp3) is 0.900. The summed E-state index contributed by atoms with van der Waals surface area (Å²) in [5.74, 6) is -0.122. The molecule has 0 aliphatic carbocycles. The van der Waals surface area contributed by atoms with Crippen LogP contribution in [0, 0.1) is 0 Å². The first-order valence-electron chi connectivity index (χ1n) is 5.17. The number of nitrogens with zero attached hydrogens (tertiary/aromatic N) is 1. The summed E-state index contributed by atoms with van der Waals surface area (Å²) >= 11 is 0. The van der Waals surface area contributed by atoms with E-state index < -0.39 is 0 Å². The second-order valence-corrected chi connectivity index (χ2v) is 3.98. The number of methoxy groups -OCH3 is 1. The molecule has 0 aromatic rings. The van der Waals surface area contributed by atoms with E-state index in [0.717, 1.165) is 19.6 Å².